The number of hydrogen-bond acceptors (Lipinski definition) is 8. The molecule has 0 aromatic heterocycles. The van der Waals surface area contributed by atoms with Gasteiger partial charge in [0.15, 0.2) is 5.96 Å². The number of nitrogens with two attached hydrogens (primary N) is 1. The Morgan fingerprint density at radius 3 is 2.78 bits per heavy atom. The van der Waals surface area contributed by atoms with E-state index in [0.29, 0.717) is 44.2 Å². The Hall–Kier alpha value is -2.81. The van der Waals surface area contributed by atoms with E-state index in [0.717, 1.165) is 24.1 Å². The molecule has 32 heavy (non-hydrogen) atoms. The van der Waals surface area contributed by atoms with Crippen molar-refractivity contribution < 1.29 is 24.2 Å². The minimum Gasteiger partial charge on any atom is -0.494 e. The Kier molecular flexibility index (Phi) is 8.33. The number of ether oxygens (including phenoxy) is 2. The zero-order valence-electron chi connectivity index (χ0n) is 19.0. The first-order valence-corrected chi connectivity index (χ1v) is 11.3. The molecular formula is C23H34N4O5. The first-order chi connectivity index (χ1) is 15.4. The van der Waals surface area contributed by atoms with Crippen LogP contribution in [0, 0.1) is 5.92 Å². The van der Waals surface area contributed by atoms with Crippen LogP contribution in [0.3, 0.4) is 0 Å². The maximum atomic E-state index is 12.6. The van der Waals surface area contributed by atoms with Gasteiger partial charge in [0.2, 0.25) is 5.91 Å². The topological polar surface area (TPSA) is 118 Å². The lowest BCUT2D eigenvalue weighted by molar-refractivity contribution is -0.142. The van der Waals surface area contributed by atoms with E-state index < -0.39 is 6.23 Å². The highest BCUT2D eigenvalue weighted by Gasteiger charge is 2.24. The summed E-state index contributed by atoms with van der Waals surface area (Å²) in [6.45, 7) is 3.13. The molecule has 1 heterocycles. The number of carbonyl (C=O) groups excluding carboxylic acids is 2. The van der Waals surface area contributed by atoms with Crippen molar-refractivity contribution in [1.82, 2.24) is 9.80 Å². The molecule has 1 aliphatic carbocycles. The van der Waals surface area contributed by atoms with Crippen LogP contribution in [0.4, 0.5) is 5.69 Å². The zero-order valence-corrected chi connectivity index (χ0v) is 19.0. The fourth-order valence-electron chi connectivity index (χ4n) is 4.22. The Balaban J connectivity index is 1.48. The molecule has 1 fully saturated rings. The average molecular weight is 447 g/mol. The lowest BCUT2D eigenvalue weighted by Gasteiger charge is -2.28. The summed E-state index contributed by atoms with van der Waals surface area (Å²) < 4.78 is 10.5. The number of aliphatic imine (C=N–C) groups is 1. The second-order valence-electron chi connectivity index (χ2n) is 8.47. The number of rotatable bonds is 10. The van der Waals surface area contributed by atoms with Crippen molar-refractivity contribution in [3.63, 3.8) is 0 Å². The monoisotopic (exact) mass is 446 g/mol. The van der Waals surface area contributed by atoms with Crippen LogP contribution in [0.1, 0.15) is 51.0 Å². The molecule has 0 radical (unpaired) electrons. The van der Waals surface area contributed by atoms with E-state index in [1.165, 1.54) is 20.0 Å². The average Bonchev–Trinajstić information content (AvgIpc) is 3.28. The van der Waals surface area contributed by atoms with Crippen LogP contribution in [0.5, 0.6) is 5.75 Å². The quantitative estimate of drug-likeness (QED) is 0.321. The van der Waals surface area contributed by atoms with Gasteiger partial charge in [-0.1, -0.05) is 12.8 Å². The van der Waals surface area contributed by atoms with Gasteiger partial charge >= 0.3 is 5.97 Å². The Morgan fingerprint density at radius 2 is 2.09 bits per heavy atom. The molecule has 0 spiro atoms. The summed E-state index contributed by atoms with van der Waals surface area (Å²) in [4.78, 5) is 31.7. The minimum atomic E-state index is -0.773. The molecule has 3 rings (SSSR count). The van der Waals surface area contributed by atoms with Gasteiger partial charge in [0, 0.05) is 25.1 Å². The first-order valence-electron chi connectivity index (χ1n) is 11.3. The summed E-state index contributed by atoms with van der Waals surface area (Å²) in [6.07, 6.45) is 4.79. The van der Waals surface area contributed by atoms with Gasteiger partial charge in [-0.15, -0.1) is 0 Å². The number of aliphatic hydroxyl groups is 1. The van der Waals surface area contributed by atoms with Gasteiger partial charge in [-0.2, -0.15) is 0 Å². The highest BCUT2D eigenvalue weighted by atomic mass is 16.5. The third-order valence-corrected chi connectivity index (χ3v) is 6.02. The Labute approximate surface area is 189 Å². The van der Waals surface area contributed by atoms with Crippen LogP contribution in [0.25, 0.3) is 0 Å². The van der Waals surface area contributed by atoms with E-state index in [1.807, 2.05) is 18.2 Å². The summed E-state index contributed by atoms with van der Waals surface area (Å²) in [5.41, 5.74) is 7.58. The third kappa shape index (κ3) is 6.35. The van der Waals surface area contributed by atoms with Gasteiger partial charge in [-0.05, 0) is 50.3 Å². The van der Waals surface area contributed by atoms with Gasteiger partial charge in [-0.3, -0.25) is 9.59 Å². The number of benzene rings is 1. The van der Waals surface area contributed by atoms with E-state index in [9.17, 15) is 14.7 Å². The molecule has 1 saturated carbocycles. The van der Waals surface area contributed by atoms with Crippen LogP contribution in [-0.2, 0) is 20.9 Å². The largest absolute Gasteiger partial charge is 0.494 e. The summed E-state index contributed by atoms with van der Waals surface area (Å²) in [5, 5.41) is 10.0. The Bertz CT molecular complexity index is 836. The van der Waals surface area contributed by atoms with Gasteiger partial charge in [-0.25, -0.2) is 4.99 Å². The fraction of sp³-hybridized carbons (Fsp3) is 0.609. The molecule has 0 saturated heterocycles. The van der Waals surface area contributed by atoms with Crippen molar-refractivity contribution in [2.24, 2.45) is 16.6 Å². The molecule has 176 valence electrons. The van der Waals surface area contributed by atoms with Gasteiger partial charge in [0.1, 0.15) is 18.5 Å². The lowest BCUT2D eigenvalue weighted by Crippen LogP contribution is -2.42. The summed E-state index contributed by atoms with van der Waals surface area (Å²) in [6, 6.07) is 5.52. The molecule has 0 bridgehead atoms. The van der Waals surface area contributed by atoms with Crippen molar-refractivity contribution in [2.75, 3.05) is 26.8 Å². The normalized spacial score (nSPS) is 16.8. The molecule has 9 heteroatoms. The van der Waals surface area contributed by atoms with E-state index in [1.54, 1.807) is 16.7 Å². The number of hydrogen-bond donors (Lipinski definition) is 2. The van der Waals surface area contributed by atoms with Gasteiger partial charge in [0.05, 0.1) is 19.4 Å². The highest BCUT2D eigenvalue weighted by Crippen LogP contribution is 2.29. The minimum absolute atomic E-state index is 0.0269. The van der Waals surface area contributed by atoms with E-state index in [2.05, 4.69) is 4.99 Å². The number of fused-ring (bicyclic) bond motifs is 1. The molecule has 2 aliphatic rings. The standard InChI is InChI=1S/C23H34N4O5/c1-16(28)27(13-17-6-3-4-7-17)21(29)8-5-11-32-19-9-10-20-18(12-19)14-26(23(24)25-20)15-22(30)31-2/h9-10,12,16-17,28H,3-8,11,13-15H2,1-2H3,(H2,24,25). The van der Waals surface area contributed by atoms with Crippen molar-refractivity contribution in [2.45, 2.75) is 58.2 Å². The molecular weight excluding hydrogens is 412 g/mol. The molecule has 1 aliphatic heterocycles. The Morgan fingerprint density at radius 1 is 1.34 bits per heavy atom. The van der Waals surface area contributed by atoms with Crippen LogP contribution < -0.4 is 10.5 Å². The van der Waals surface area contributed by atoms with Crippen molar-refractivity contribution in [3.8, 4) is 5.75 Å². The number of esters is 1. The van der Waals surface area contributed by atoms with Crippen molar-refractivity contribution >= 4 is 23.5 Å². The fourth-order valence-corrected chi connectivity index (χ4v) is 4.22. The number of methoxy groups -OCH3 is 1. The third-order valence-electron chi connectivity index (χ3n) is 6.02. The molecule has 3 N–H and O–H groups in total. The molecule has 1 unspecified atom stereocenters. The number of aliphatic hydroxyl groups excluding tert-OH is 1. The molecule has 1 amide bonds. The molecule has 1 aromatic rings. The summed E-state index contributed by atoms with van der Waals surface area (Å²) >= 11 is 0. The first kappa shape index (κ1) is 23.8. The summed E-state index contributed by atoms with van der Waals surface area (Å²) in [5.74, 6) is 1.02. The van der Waals surface area contributed by atoms with E-state index in [4.69, 9.17) is 15.2 Å². The predicted molar refractivity (Wildman–Crippen MR) is 120 cm³/mol. The summed E-state index contributed by atoms with van der Waals surface area (Å²) in [7, 11) is 1.33. The second-order valence-corrected chi connectivity index (χ2v) is 8.47. The van der Waals surface area contributed by atoms with Crippen LogP contribution in [-0.4, -0.2) is 65.8 Å². The van der Waals surface area contributed by atoms with Crippen molar-refractivity contribution in [1.29, 1.82) is 0 Å². The van der Waals surface area contributed by atoms with Crippen LogP contribution in [0.15, 0.2) is 23.2 Å². The maximum absolute atomic E-state index is 12.6. The SMILES string of the molecule is COC(=O)CN1Cc2cc(OCCCC(=O)N(CC3CCCC3)C(C)O)ccc2N=C1N. The second kappa shape index (κ2) is 11.2. The number of nitrogens with zero attached hydrogens (tertiary/aromatic N) is 3. The zero-order chi connectivity index (χ0) is 23.1. The molecule has 1 aromatic carbocycles. The van der Waals surface area contributed by atoms with Crippen LogP contribution in [0.2, 0.25) is 0 Å². The molecule has 1 atom stereocenters. The van der Waals surface area contributed by atoms with Gasteiger partial charge < -0.3 is 30.1 Å². The van der Waals surface area contributed by atoms with E-state index >= 15 is 0 Å². The smallest absolute Gasteiger partial charge is 0.325 e. The van der Waals surface area contributed by atoms with Crippen LogP contribution >= 0.6 is 0 Å². The lowest BCUT2D eigenvalue weighted by atomic mass is 10.1. The van der Waals surface area contributed by atoms with E-state index in [-0.39, 0.29) is 24.4 Å². The highest BCUT2D eigenvalue weighted by molar-refractivity contribution is 5.87. The number of amides is 1. The number of carbonyl (C=O) groups is 2. The maximum Gasteiger partial charge on any atom is 0.325 e. The van der Waals surface area contributed by atoms with Gasteiger partial charge in [0.25, 0.3) is 0 Å². The number of guanidine groups is 1. The molecule has 9 nitrogen and oxygen atoms in total. The predicted octanol–water partition coefficient (Wildman–Crippen LogP) is 2.14. The van der Waals surface area contributed by atoms with Crippen molar-refractivity contribution in [3.05, 3.63) is 23.8 Å².